The van der Waals surface area contributed by atoms with E-state index in [9.17, 15) is 19.8 Å². The van der Waals surface area contributed by atoms with Gasteiger partial charge in [0.1, 0.15) is 24.3 Å². The van der Waals surface area contributed by atoms with Crippen LogP contribution < -0.4 is 5.32 Å². The van der Waals surface area contributed by atoms with E-state index < -0.39 is 48.7 Å². The summed E-state index contributed by atoms with van der Waals surface area (Å²) in [7, 11) is 1.47. The number of likely N-dealkylation sites (N-methyl/N-ethyl adjacent to an activating group) is 1. The predicted molar refractivity (Wildman–Crippen MR) is 51.0 cm³/mol. The van der Waals surface area contributed by atoms with Crippen LogP contribution in [0.25, 0.3) is 0 Å². The third-order valence-corrected chi connectivity index (χ3v) is 3.58. The molecule has 3 N–H and O–H groups in total. The molecule has 3 rings (SSSR count). The molecule has 94 valence electrons. The van der Waals surface area contributed by atoms with Gasteiger partial charge >= 0.3 is 12.2 Å². The second kappa shape index (κ2) is 3.23. The first-order valence-electron chi connectivity index (χ1n) is 5.27. The van der Waals surface area contributed by atoms with Gasteiger partial charge in [-0.1, -0.05) is 0 Å². The van der Waals surface area contributed by atoms with Gasteiger partial charge < -0.3 is 29.9 Å². The zero-order valence-corrected chi connectivity index (χ0v) is 8.94. The summed E-state index contributed by atoms with van der Waals surface area (Å²) in [6.07, 6.45) is -5.31. The van der Waals surface area contributed by atoms with Gasteiger partial charge in [0, 0.05) is 7.05 Å². The zero-order chi connectivity index (χ0) is 12.3. The summed E-state index contributed by atoms with van der Waals surface area (Å²) in [6, 6.07) is -1.31. The number of aliphatic hydroxyl groups is 2. The van der Waals surface area contributed by atoms with Crippen molar-refractivity contribution in [1.82, 2.24) is 10.2 Å². The van der Waals surface area contributed by atoms with Gasteiger partial charge in [0.2, 0.25) is 0 Å². The maximum Gasteiger partial charge on any atom is 0.410 e. The summed E-state index contributed by atoms with van der Waals surface area (Å²) in [5.74, 6) is 0. The number of hydrogen-bond donors (Lipinski definition) is 3. The number of amides is 2. The fourth-order valence-corrected chi connectivity index (χ4v) is 2.72. The van der Waals surface area contributed by atoms with E-state index in [0.717, 1.165) is 0 Å². The minimum atomic E-state index is -1.24. The van der Waals surface area contributed by atoms with Crippen LogP contribution in [0.2, 0.25) is 0 Å². The summed E-state index contributed by atoms with van der Waals surface area (Å²) in [5.41, 5.74) is 0. The van der Waals surface area contributed by atoms with Gasteiger partial charge in [-0.3, -0.25) is 0 Å². The van der Waals surface area contributed by atoms with Crippen molar-refractivity contribution in [3.63, 3.8) is 0 Å². The Labute approximate surface area is 96.1 Å². The van der Waals surface area contributed by atoms with Crippen molar-refractivity contribution in [2.45, 2.75) is 36.5 Å². The largest absolute Gasteiger partial charge is 0.441 e. The molecule has 2 heterocycles. The van der Waals surface area contributed by atoms with Crippen LogP contribution in [0.5, 0.6) is 0 Å². The lowest BCUT2D eigenvalue weighted by Gasteiger charge is -2.39. The molecule has 3 fully saturated rings. The summed E-state index contributed by atoms with van der Waals surface area (Å²) >= 11 is 0. The highest BCUT2D eigenvalue weighted by molar-refractivity contribution is 5.73. The molecule has 0 aromatic carbocycles. The summed E-state index contributed by atoms with van der Waals surface area (Å²) in [6.45, 7) is 0. The fraction of sp³-hybridized carbons (Fsp3) is 0.778. The van der Waals surface area contributed by atoms with Crippen molar-refractivity contribution in [2.24, 2.45) is 0 Å². The molecular weight excluding hydrogens is 232 g/mol. The normalized spacial score (nSPS) is 48.1. The Balaban J connectivity index is 1.96. The molecule has 8 nitrogen and oxygen atoms in total. The van der Waals surface area contributed by atoms with Gasteiger partial charge in [0.15, 0.2) is 12.2 Å². The highest BCUT2D eigenvalue weighted by Gasteiger charge is 2.61. The first-order chi connectivity index (χ1) is 8.00. The highest BCUT2D eigenvalue weighted by atomic mass is 16.6. The number of aliphatic hydroxyl groups excluding tert-OH is 2. The lowest BCUT2D eigenvalue weighted by molar-refractivity contribution is -0.123. The Morgan fingerprint density at radius 3 is 2.59 bits per heavy atom. The van der Waals surface area contributed by atoms with Crippen LogP contribution in [-0.4, -0.2) is 70.8 Å². The molecule has 0 radical (unpaired) electrons. The van der Waals surface area contributed by atoms with Gasteiger partial charge in [-0.2, -0.15) is 0 Å². The van der Waals surface area contributed by atoms with Crippen molar-refractivity contribution in [3.8, 4) is 0 Å². The predicted octanol–water partition coefficient (Wildman–Crippen LogP) is -1.98. The second-order valence-corrected chi connectivity index (χ2v) is 4.47. The lowest BCUT2D eigenvalue weighted by atomic mass is 9.82. The molecule has 0 aromatic rings. The topological polar surface area (TPSA) is 108 Å². The van der Waals surface area contributed by atoms with Crippen molar-refractivity contribution in [2.75, 3.05) is 7.05 Å². The van der Waals surface area contributed by atoms with Crippen LogP contribution >= 0.6 is 0 Å². The summed E-state index contributed by atoms with van der Waals surface area (Å²) in [4.78, 5) is 23.8. The molecular formula is C9H12N2O6. The number of alkyl carbamates (subject to hydrolysis) is 1. The molecule has 1 aliphatic carbocycles. The van der Waals surface area contributed by atoms with Crippen LogP contribution in [-0.2, 0) is 9.47 Å². The monoisotopic (exact) mass is 244 g/mol. The molecule has 2 amide bonds. The smallest absolute Gasteiger partial charge is 0.410 e. The number of nitrogens with one attached hydrogen (secondary N) is 1. The summed E-state index contributed by atoms with van der Waals surface area (Å²) in [5, 5.41) is 22.3. The van der Waals surface area contributed by atoms with Crippen molar-refractivity contribution in [1.29, 1.82) is 0 Å². The van der Waals surface area contributed by atoms with Gasteiger partial charge in [0.25, 0.3) is 0 Å². The van der Waals surface area contributed by atoms with Crippen LogP contribution in [0.1, 0.15) is 0 Å². The first kappa shape index (κ1) is 10.6. The Morgan fingerprint density at radius 2 is 1.88 bits per heavy atom. The van der Waals surface area contributed by atoms with E-state index in [1.807, 2.05) is 0 Å². The molecule has 1 saturated carbocycles. The summed E-state index contributed by atoms with van der Waals surface area (Å²) < 4.78 is 9.94. The molecule has 6 atom stereocenters. The Morgan fingerprint density at radius 1 is 1.18 bits per heavy atom. The second-order valence-electron chi connectivity index (χ2n) is 4.47. The molecule has 0 spiro atoms. The Bertz CT molecular complexity index is 388. The number of nitrogens with zero attached hydrogens (tertiary/aromatic N) is 1. The molecule has 8 heteroatoms. The van der Waals surface area contributed by atoms with Crippen molar-refractivity contribution >= 4 is 12.2 Å². The van der Waals surface area contributed by atoms with Gasteiger partial charge in [0.05, 0.1) is 0 Å². The van der Waals surface area contributed by atoms with Gasteiger partial charge in [-0.05, 0) is 0 Å². The SMILES string of the molecule is CN1C(=O)O[C@H]2[C@H]3NC(=O)O[C@@H]3[C@@H](O)[C@@H](O)[C@@H]21. The van der Waals surface area contributed by atoms with Crippen molar-refractivity contribution in [3.05, 3.63) is 0 Å². The number of rotatable bonds is 0. The number of carbonyl (C=O) groups is 2. The molecule has 3 aliphatic rings. The number of ether oxygens (including phenoxy) is 2. The van der Waals surface area contributed by atoms with E-state index in [0.29, 0.717) is 0 Å². The molecule has 2 saturated heterocycles. The average molecular weight is 244 g/mol. The Kier molecular flexibility index (Phi) is 2.02. The third kappa shape index (κ3) is 1.25. The molecule has 2 aliphatic heterocycles. The van der Waals surface area contributed by atoms with Gasteiger partial charge in [-0.15, -0.1) is 0 Å². The standard InChI is InChI=1S/C9H12N2O6/c1-11-3-4(12)5(13)7-2(10-8(14)16-7)6(3)17-9(11)15/h2-7,12-13H,1H3,(H,10,14)/t2-,3+,4+,5+,6+,7+/m1/s1. The minimum absolute atomic E-state index is 0.590. The fourth-order valence-electron chi connectivity index (χ4n) is 2.72. The van der Waals surface area contributed by atoms with E-state index in [1.54, 1.807) is 0 Å². The van der Waals surface area contributed by atoms with E-state index in [-0.39, 0.29) is 0 Å². The Hall–Kier alpha value is -1.54. The van der Waals surface area contributed by atoms with E-state index in [4.69, 9.17) is 9.47 Å². The number of carbonyl (C=O) groups excluding carboxylic acids is 2. The number of hydrogen-bond acceptors (Lipinski definition) is 6. The van der Waals surface area contributed by atoms with Crippen LogP contribution in [0.3, 0.4) is 0 Å². The quantitative estimate of drug-likeness (QED) is 0.455. The third-order valence-electron chi connectivity index (χ3n) is 3.58. The lowest BCUT2D eigenvalue weighted by Crippen LogP contribution is -2.65. The van der Waals surface area contributed by atoms with Crippen LogP contribution in [0.4, 0.5) is 9.59 Å². The van der Waals surface area contributed by atoms with Crippen molar-refractivity contribution < 1.29 is 29.3 Å². The van der Waals surface area contributed by atoms with E-state index in [2.05, 4.69) is 5.32 Å². The van der Waals surface area contributed by atoms with Crippen LogP contribution in [0.15, 0.2) is 0 Å². The average Bonchev–Trinajstić information content (AvgIpc) is 2.79. The van der Waals surface area contributed by atoms with E-state index >= 15 is 0 Å². The van der Waals surface area contributed by atoms with Crippen LogP contribution in [0, 0.1) is 0 Å². The maximum absolute atomic E-state index is 11.4. The maximum atomic E-state index is 11.4. The first-order valence-corrected chi connectivity index (χ1v) is 5.27. The molecule has 17 heavy (non-hydrogen) atoms. The van der Waals surface area contributed by atoms with Gasteiger partial charge in [-0.25, -0.2) is 9.59 Å². The molecule has 0 bridgehead atoms. The van der Waals surface area contributed by atoms with E-state index in [1.165, 1.54) is 11.9 Å². The molecule has 0 aromatic heterocycles. The zero-order valence-electron chi connectivity index (χ0n) is 8.94. The highest BCUT2D eigenvalue weighted by Crippen LogP contribution is 2.35. The number of fused-ring (bicyclic) bond motifs is 3. The minimum Gasteiger partial charge on any atom is -0.441 e. The molecule has 0 unspecified atom stereocenters.